The highest BCUT2D eigenvalue weighted by Gasteiger charge is 2.22. The van der Waals surface area contributed by atoms with Gasteiger partial charge in [-0.2, -0.15) is 0 Å². The predicted molar refractivity (Wildman–Crippen MR) is 150 cm³/mol. The maximum absolute atomic E-state index is 2.43. The lowest BCUT2D eigenvalue weighted by atomic mass is 9.79. The molecule has 0 spiro atoms. The summed E-state index contributed by atoms with van der Waals surface area (Å²) in [5.74, 6) is 0. The van der Waals surface area contributed by atoms with Gasteiger partial charge in [0.05, 0.1) is 0 Å². The van der Waals surface area contributed by atoms with Crippen molar-refractivity contribution in [3.8, 4) is 22.3 Å². The summed E-state index contributed by atoms with van der Waals surface area (Å²) in [5, 5.41) is 5.29. The number of hydrogen-bond donors (Lipinski definition) is 0. The average molecular weight is 443 g/mol. The van der Waals surface area contributed by atoms with Crippen LogP contribution in [0.2, 0.25) is 0 Å². The predicted octanol–water partition coefficient (Wildman–Crippen LogP) is 9.92. The molecule has 0 saturated heterocycles. The van der Waals surface area contributed by atoms with Crippen LogP contribution in [-0.2, 0) is 10.8 Å². The van der Waals surface area contributed by atoms with Gasteiger partial charge in [-0.25, -0.2) is 0 Å². The van der Waals surface area contributed by atoms with Gasteiger partial charge in [-0.1, -0.05) is 126 Å². The van der Waals surface area contributed by atoms with E-state index in [4.69, 9.17) is 0 Å². The maximum Gasteiger partial charge on any atom is -0.00263 e. The van der Waals surface area contributed by atoms with Gasteiger partial charge in [-0.15, -0.1) is 0 Å². The fraction of sp³-hybridized carbons (Fsp3) is 0.235. The van der Waals surface area contributed by atoms with Gasteiger partial charge in [0.25, 0.3) is 0 Å². The van der Waals surface area contributed by atoms with E-state index in [1.165, 1.54) is 54.9 Å². The van der Waals surface area contributed by atoms with Crippen LogP contribution < -0.4 is 0 Å². The Labute approximate surface area is 204 Å². The summed E-state index contributed by atoms with van der Waals surface area (Å²) in [6.45, 7) is 13.8. The molecule has 5 aromatic rings. The van der Waals surface area contributed by atoms with Crippen LogP contribution in [0, 0.1) is 0 Å². The topological polar surface area (TPSA) is 0 Å². The zero-order valence-electron chi connectivity index (χ0n) is 21.2. The van der Waals surface area contributed by atoms with Crippen molar-refractivity contribution in [2.24, 2.45) is 0 Å². The highest BCUT2D eigenvalue weighted by molar-refractivity contribution is 6.21. The van der Waals surface area contributed by atoms with Crippen molar-refractivity contribution in [2.45, 2.75) is 52.4 Å². The smallest absolute Gasteiger partial charge is 0.00263 e. The second kappa shape index (κ2) is 8.13. The van der Waals surface area contributed by atoms with Gasteiger partial charge in [-0.3, -0.25) is 0 Å². The summed E-state index contributed by atoms with van der Waals surface area (Å²) in [6.07, 6.45) is 0. The number of fused-ring (bicyclic) bond motifs is 2. The Morgan fingerprint density at radius 1 is 0.382 bits per heavy atom. The average Bonchev–Trinajstić information content (AvgIpc) is 2.81. The van der Waals surface area contributed by atoms with Gasteiger partial charge < -0.3 is 0 Å². The van der Waals surface area contributed by atoms with Crippen LogP contribution in [0.15, 0.2) is 97.1 Å². The normalized spacial score (nSPS) is 12.4. The second-order valence-electron chi connectivity index (χ2n) is 11.5. The maximum atomic E-state index is 2.43. The van der Waals surface area contributed by atoms with Crippen LogP contribution in [0.4, 0.5) is 0 Å². The monoisotopic (exact) mass is 442 g/mol. The van der Waals surface area contributed by atoms with Crippen molar-refractivity contribution < 1.29 is 0 Å². The van der Waals surface area contributed by atoms with Gasteiger partial charge in [0.2, 0.25) is 0 Å². The van der Waals surface area contributed by atoms with E-state index in [1.54, 1.807) is 0 Å². The molecule has 0 unspecified atom stereocenters. The molecule has 0 fully saturated rings. The van der Waals surface area contributed by atoms with Crippen molar-refractivity contribution in [1.82, 2.24) is 0 Å². The summed E-state index contributed by atoms with van der Waals surface area (Å²) >= 11 is 0. The third-order valence-corrected chi connectivity index (χ3v) is 6.97. The zero-order chi connectivity index (χ0) is 24.1. The first-order chi connectivity index (χ1) is 16.1. The molecular weight excluding hydrogens is 408 g/mol. The molecule has 0 heterocycles. The van der Waals surface area contributed by atoms with Crippen LogP contribution >= 0.6 is 0 Å². The fourth-order valence-corrected chi connectivity index (χ4v) is 4.99. The van der Waals surface area contributed by atoms with E-state index < -0.39 is 0 Å². The van der Waals surface area contributed by atoms with Gasteiger partial charge in [-0.05, 0) is 77.9 Å². The lowest BCUT2D eigenvalue weighted by Gasteiger charge is -2.25. The zero-order valence-corrected chi connectivity index (χ0v) is 21.2. The Balaban J connectivity index is 2.03. The molecular formula is C34H34. The molecule has 0 heteroatoms. The first-order valence-corrected chi connectivity index (χ1v) is 12.3. The van der Waals surface area contributed by atoms with Crippen LogP contribution in [0.1, 0.15) is 52.7 Å². The first-order valence-electron chi connectivity index (χ1n) is 12.3. The molecule has 0 N–H and O–H groups in total. The Morgan fingerprint density at radius 3 is 1.06 bits per heavy atom. The number of rotatable bonds is 2. The summed E-state index contributed by atoms with van der Waals surface area (Å²) in [5.41, 5.74) is 8.09. The van der Waals surface area contributed by atoms with Crippen molar-refractivity contribution in [3.63, 3.8) is 0 Å². The van der Waals surface area contributed by atoms with Crippen LogP contribution in [-0.4, -0.2) is 0 Å². The SMILES string of the molecule is CC(C)(C)c1ccc2c(-c3ccccc3)c3cc(C(C)(C)C)ccc3c(-c3ccccc3)c2c1. The molecule has 34 heavy (non-hydrogen) atoms. The van der Waals surface area contributed by atoms with Crippen molar-refractivity contribution >= 4 is 21.5 Å². The van der Waals surface area contributed by atoms with E-state index in [-0.39, 0.29) is 10.8 Å². The molecule has 0 aliphatic carbocycles. The van der Waals surface area contributed by atoms with E-state index in [1.807, 2.05) is 0 Å². The van der Waals surface area contributed by atoms with Crippen molar-refractivity contribution in [3.05, 3.63) is 108 Å². The minimum Gasteiger partial charge on any atom is -0.0622 e. The van der Waals surface area contributed by atoms with Gasteiger partial charge in [0.15, 0.2) is 0 Å². The summed E-state index contributed by atoms with van der Waals surface area (Å²) in [4.78, 5) is 0. The quantitative estimate of drug-likeness (QED) is 0.239. The minimum atomic E-state index is 0.0834. The molecule has 0 radical (unpaired) electrons. The Bertz CT molecular complexity index is 1360. The fourth-order valence-electron chi connectivity index (χ4n) is 4.99. The molecule has 0 bridgehead atoms. The molecule has 0 aliphatic rings. The van der Waals surface area contributed by atoms with Crippen LogP contribution in [0.25, 0.3) is 43.8 Å². The Kier molecular flexibility index (Phi) is 5.36. The molecule has 0 aliphatic heterocycles. The third kappa shape index (κ3) is 3.92. The third-order valence-electron chi connectivity index (χ3n) is 6.97. The molecule has 0 aromatic heterocycles. The molecule has 170 valence electrons. The Morgan fingerprint density at radius 2 is 0.735 bits per heavy atom. The van der Waals surface area contributed by atoms with E-state index in [9.17, 15) is 0 Å². The summed E-state index contributed by atoms with van der Waals surface area (Å²) in [6, 6.07) is 36.0. The minimum absolute atomic E-state index is 0.0834. The van der Waals surface area contributed by atoms with E-state index >= 15 is 0 Å². The first kappa shape index (κ1) is 22.4. The van der Waals surface area contributed by atoms with Crippen LogP contribution in [0.3, 0.4) is 0 Å². The van der Waals surface area contributed by atoms with Gasteiger partial charge in [0, 0.05) is 0 Å². The van der Waals surface area contributed by atoms with Gasteiger partial charge >= 0.3 is 0 Å². The van der Waals surface area contributed by atoms with Crippen molar-refractivity contribution in [2.75, 3.05) is 0 Å². The lowest BCUT2D eigenvalue weighted by Crippen LogP contribution is -2.11. The molecule has 0 atom stereocenters. The second-order valence-corrected chi connectivity index (χ2v) is 11.5. The summed E-state index contributed by atoms with van der Waals surface area (Å²) < 4.78 is 0. The standard InChI is InChI=1S/C34H34/c1-33(2,3)25-17-19-27-29(21-25)31(23-13-9-7-10-14-23)28-20-18-26(34(4,5)6)22-30(28)32(27)24-15-11-8-12-16-24/h7-22H,1-6H3. The highest BCUT2D eigenvalue weighted by atomic mass is 14.3. The molecule has 0 amide bonds. The van der Waals surface area contributed by atoms with Gasteiger partial charge in [0.1, 0.15) is 0 Å². The highest BCUT2D eigenvalue weighted by Crippen LogP contribution is 2.45. The largest absolute Gasteiger partial charge is 0.0622 e. The number of benzene rings is 5. The summed E-state index contributed by atoms with van der Waals surface area (Å²) in [7, 11) is 0. The number of hydrogen-bond acceptors (Lipinski definition) is 0. The van der Waals surface area contributed by atoms with E-state index in [2.05, 4.69) is 139 Å². The molecule has 0 nitrogen and oxygen atoms in total. The van der Waals surface area contributed by atoms with Crippen molar-refractivity contribution in [1.29, 1.82) is 0 Å². The van der Waals surface area contributed by atoms with Crippen LogP contribution in [0.5, 0.6) is 0 Å². The lowest BCUT2D eigenvalue weighted by molar-refractivity contribution is 0.590. The van der Waals surface area contributed by atoms with E-state index in [0.717, 1.165) is 0 Å². The Hall–Kier alpha value is -3.38. The molecule has 5 aromatic carbocycles. The van der Waals surface area contributed by atoms with E-state index in [0.29, 0.717) is 0 Å². The molecule has 5 rings (SSSR count). The molecule has 0 saturated carbocycles.